The lowest BCUT2D eigenvalue weighted by molar-refractivity contribution is 0.0472. The molecule has 5 nitrogen and oxygen atoms in total. The Labute approximate surface area is 136 Å². The number of hydrogen-bond acceptors (Lipinski definition) is 4. The van der Waals surface area contributed by atoms with Crippen molar-refractivity contribution in [2.75, 3.05) is 7.11 Å². The molecule has 1 amide bonds. The first-order valence-electron chi connectivity index (χ1n) is 6.40. The van der Waals surface area contributed by atoms with E-state index in [9.17, 15) is 9.59 Å². The molecule has 0 unspecified atom stereocenters. The summed E-state index contributed by atoms with van der Waals surface area (Å²) in [6.45, 7) is 0.113. The van der Waals surface area contributed by atoms with E-state index in [1.165, 1.54) is 0 Å². The van der Waals surface area contributed by atoms with Gasteiger partial charge in [-0.25, -0.2) is 4.79 Å². The molecule has 0 atom stereocenters. The molecule has 0 aliphatic heterocycles. The number of esters is 1. The van der Waals surface area contributed by atoms with Gasteiger partial charge in [0.05, 0.1) is 17.1 Å². The van der Waals surface area contributed by atoms with E-state index < -0.39 is 11.9 Å². The van der Waals surface area contributed by atoms with Crippen LogP contribution in [0.5, 0.6) is 5.75 Å². The summed E-state index contributed by atoms with van der Waals surface area (Å²) < 4.78 is 11.0. The fraction of sp³-hybridized carbons (Fsp3) is 0.125. The second-order valence-corrected chi connectivity index (χ2v) is 5.34. The van der Waals surface area contributed by atoms with Crippen LogP contribution in [0.2, 0.25) is 0 Å². The predicted molar refractivity (Wildman–Crippen MR) is 84.8 cm³/mol. The van der Waals surface area contributed by atoms with Crippen molar-refractivity contribution < 1.29 is 19.1 Å². The lowest BCUT2D eigenvalue weighted by Crippen LogP contribution is -2.11. The molecular weight excluding hydrogens is 350 g/mol. The van der Waals surface area contributed by atoms with Crippen molar-refractivity contribution in [1.82, 2.24) is 0 Å². The van der Waals surface area contributed by atoms with Crippen LogP contribution in [0.25, 0.3) is 0 Å². The molecule has 0 aliphatic carbocycles. The molecule has 0 bridgehead atoms. The zero-order valence-electron chi connectivity index (χ0n) is 11.8. The largest absolute Gasteiger partial charge is 0.496 e. The Morgan fingerprint density at radius 1 is 1.09 bits per heavy atom. The Kier molecular flexibility index (Phi) is 5.16. The van der Waals surface area contributed by atoms with Gasteiger partial charge in [-0.05, 0) is 51.8 Å². The van der Waals surface area contributed by atoms with Crippen molar-refractivity contribution in [1.29, 1.82) is 0 Å². The lowest BCUT2D eigenvalue weighted by atomic mass is 10.1. The third-order valence-corrected chi connectivity index (χ3v) is 3.62. The third-order valence-electron chi connectivity index (χ3n) is 3.00. The molecule has 0 saturated carbocycles. The number of nitrogens with two attached hydrogens (primary N) is 1. The van der Waals surface area contributed by atoms with Crippen molar-refractivity contribution in [2.45, 2.75) is 6.61 Å². The highest BCUT2D eigenvalue weighted by Gasteiger charge is 2.10. The van der Waals surface area contributed by atoms with Crippen LogP contribution < -0.4 is 10.5 Å². The molecule has 2 aromatic carbocycles. The molecule has 2 aromatic rings. The van der Waals surface area contributed by atoms with Gasteiger partial charge in [-0.15, -0.1) is 0 Å². The Morgan fingerprint density at radius 2 is 1.73 bits per heavy atom. The highest BCUT2D eigenvalue weighted by atomic mass is 79.9. The summed E-state index contributed by atoms with van der Waals surface area (Å²) in [5.41, 5.74) is 6.76. The fourth-order valence-corrected chi connectivity index (χ4v) is 2.33. The molecule has 22 heavy (non-hydrogen) atoms. The summed E-state index contributed by atoms with van der Waals surface area (Å²) in [6.07, 6.45) is 0. The number of ether oxygens (including phenoxy) is 2. The van der Waals surface area contributed by atoms with Crippen LogP contribution in [-0.2, 0) is 11.3 Å². The van der Waals surface area contributed by atoms with E-state index in [0.717, 1.165) is 5.56 Å². The molecule has 0 aliphatic rings. The van der Waals surface area contributed by atoms with Gasteiger partial charge in [0.1, 0.15) is 12.4 Å². The number of methoxy groups -OCH3 is 1. The lowest BCUT2D eigenvalue weighted by Gasteiger charge is -2.07. The molecule has 0 radical (unpaired) electrons. The number of amides is 1. The van der Waals surface area contributed by atoms with Crippen molar-refractivity contribution in [2.24, 2.45) is 5.73 Å². The SMILES string of the molecule is COc1ccc(C(=O)OCc2ccc(C(N)=O)cc2)cc1Br. The quantitative estimate of drug-likeness (QED) is 0.828. The summed E-state index contributed by atoms with van der Waals surface area (Å²) in [4.78, 5) is 23.0. The molecular formula is C16H14BrNO4. The standard InChI is InChI=1S/C16H14BrNO4/c1-21-14-7-6-12(8-13(14)17)16(20)22-9-10-2-4-11(5-3-10)15(18)19/h2-8H,9H2,1H3,(H2,18,19). The van der Waals surface area contributed by atoms with Gasteiger partial charge in [0.2, 0.25) is 5.91 Å². The van der Waals surface area contributed by atoms with Gasteiger partial charge in [0, 0.05) is 5.56 Å². The van der Waals surface area contributed by atoms with Crippen LogP contribution in [-0.4, -0.2) is 19.0 Å². The Balaban J connectivity index is 2.00. The molecule has 0 fully saturated rings. The minimum atomic E-state index is -0.494. The maximum absolute atomic E-state index is 12.0. The number of hydrogen-bond donors (Lipinski definition) is 1. The van der Waals surface area contributed by atoms with Gasteiger partial charge in [-0.3, -0.25) is 4.79 Å². The van der Waals surface area contributed by atoms with Crippen LogP contribution in [0.4, 0.5) is 0 Å². The van der Waals surface area contributed by atoms with E-state index in [1.807, 2.05) is 0 Å². The molecule has 0 heterocycles. The van der Waals surface area contributed by atoms with Crippen LogP contribution in [0.15, 0.2) is 46.9 Å². The van der Waals surface area contributed by atoms with Crippen molar-refractivity contribution in [3.05, 3.63) is 63.6 Å². The Hall–Kier alpha value is -2.34. The zero-order valence-corrected chi connectivity index (χ0v) is 13.4. The maximum atomic E-state index is 12.0. The van der Waals surface area contributed by atoms with Crippen LogP contribution in [0.1, 0.15) is 26.3 Å². The topological polar surface area (TPSA) is 78.6 Å². The first kappa shape index (κ1) is 16.0. The average molecular weight is 364 g/mol. The van der Waals surface area contributed by atoms with E-state index in [4.69, 9.17) is 15.2 Å². The van der Waals surface area contributed by atoms with Crippen LogP contribution in [0.3, 0.4) is 0 Å². The number of carbonyl (C=O) groups is 2. The first-order chi connectivity index (χ1) is 10.5. The number of rotatable bonds is 5. The van der Waals surface area contributed by atoms with Crippen molar-refractivity contribution >= 4 is 27.8 Å². The minimum absolute atomic E-state index is 0.113. The number of carbonyl (C=O) groups excluding carboxylic acids is 2. The Morgan fingerprint density at radius 3 is 2.27 bits per heavy atom. The molecule has 0 saturated heterocycles. The Bertz CT molecular complexity index is 698. The summed E-state index contributed by atoms with van der Waals surface area (Å²) in [7, 11) is 1.55. The van der Waals surface area contributed by atoms with Crippen LogP contribution >= 0.6 is 15.9 Å². The second kappa shape index (κ2) is 7.09. The third kappa shape index (κ3) is 3.85. The smallest absolute Gasteiger partial charge is 0.338 e. The predicted octanol–water partition coefficient (Wildman–Crippen LogP) is 2.91. The molecule has 0 spiro atoms. The van der Waals surface area contributed by atoms with Gasteiger partial charge in [0.25, 0.3) is 0 Å². The highest BCUT2D eigenvalue weighted by Crippen LogP contribution is 2.25. The monoisotopic (exact) mass is 363 g/mol. The number of halogens is 1. The number of primary amides is 1. The minimum Gasteiger partial charge on any atom is -0.496 e. The van der Waals surface area contributed by atoms with Gasteiger partial charge in [-0.2, -0.15) is 0 Å². The maximum Gasteiger partial charge on any atom is 0.338 e. The van der Waals surface area contributed by atoms with E-state index in [-0.39, 0.29) is 6.61 Å². The summed E-state index contributed by atoms with van der Waals surface area (Å²) >= 11 is 3.32. The van der Waals surface area contributed by atoms with Gasteiger partial charge >= 0.3 is 5.97 Å². The van der Waals surface area contributed by atoms with E-state index in [1.54, 1.807) is 49.6 Å². The van der Waals surface area contributed by atoms with E-state index in [0.29, 0.717) is 21.3 Å². The summed E-state index contributed by atoms with van der Waals surface area (Å²) in [5.74, 6) is -0.299. The normalized spacial score (nSPS) is 10.1. The van der Waals surface area contributed by atoms with Gasteiger partial charge in [-0.1, -0.05) is 12.1 Å². The molecule has 6 heteroatoms. The van der Waals surface area contributed by atoms with E-state index >= 15 is 0 Å². The fourth-order valence-electron chi connectivity index (χ4n) is 1.79. The summed E-state index contributed by atoms with van der Waals surface area (Å²) in [6, 6.07) is 11.5. The van der Waals surface area contributed by atoms with Gasteiger partial charge < -0.3 is 15.2 Å². The second-order valence-electron chi connectivity index (χ2n) is 4.49. The molecule has 2 rings (SSSR count). The molecule has 0 aromatic heterocycles. The van der Waals surface area contributed by atoms with E-state index in [2.05, 4.69) is 15.9 Å². The van der Waals surface area contributed by atoms with Gasteiger partial charge in [0.15, 0.2) is 0 Å². The first-order valence-corrected chi connectivity index (χ1v) is 7.20. The van der Waals surface area contributed by atoms with Crippen LogP contribution in [0, 0.1) is 0 Å². The zero-order chi connectivity index (χ0) is 16.1. The summed E-state index contributed by atoms with van der Waals surface area (Å²) in [5, 5.41) is 0. The highest BCUT2D eigenvalue weighted by molar-refractivity contribution is 9.10. The van der Waals surface area contributed by atoms with Crippen molar-refractivity contribution in [3.63, 3.8) is 0 Å². The average Bonchev–Trinajstić information content (AvgIpc) is 2.52. The number of benzene rings is 2. The molecule has 2 N–H and O–H groups in total. The van der Waals surface area contributed by atoms with Crippen molar-refractivity contribution in [3.8, 4) is 5.75 Å². The molecule has 114 valence electrons.